The molecule has 0 saturated heterocycles. The zero-order valence-corrected chi connectivity index (χ0v) is 16.1. The molecule has 0 spiro atoms. The minimum absolute atomic E-state index is 0.367. The average molecular weight is 401 g/mol. The summed E-state index contributed by atoms with van der Waals surface area (Å²) < 4.78 is 7.24. The lowest BCUT2D eigenvalue weighted by Gasteiger charge is -2.15. The molecule has 0 aliphatic rings. The van der Waals surface area contributed by atoms with Gasteiger partial charge in [-0.05, 0) is 48.0 Å². The lowest BCUT2D eigenvalue weighted by molar-refractivity contribution is -0.128. The first-order valence-electron chi connectivity index (χ1n) is 9.31. The van der Waals surface area contributed by atoms with Crippen LogP contribution in [-0.4, -0.2) is 32.7 Å². The molecule has 150 valence electrons. The van der Waals surface area contributed by atoms with Gasteiger partial charge in [-0.1, -0.05) is 36.4 Å². The summed E-state index contributed by atoms with van der Waals surface area (Å²) in [4.78, 5) is 28.6. The van der Waals surface area contributed by atoms with Gasteiger partial charge in [-0.15, -0.1) is 0 Å². The third-order valence-electron chi connectivity index (χ3n) is 4.49. The molecule has 2 N–H and O–H groups in total. The van der Waals surface area contributed by atoms with Crippen molar-refractivity contribution in [3.8, 4) is 11.4 Å². The van der Waals surface area contributed by atoms with Gasteiger partial charge < -0.3 is 4.74 Å². The van der Waals surface area contributed by atoms with E-state index in [1.54, 1.807) is 37.3 Å². The molecule has 8 heteroatoms. The lowest BCUT2D eigenvalue weighted by Crippen LogP contribution is -2.47. The zero-order chi connectivity index (χ0) is 20.9. The molecule has 8 nitrogen and oxygen atoms in total. The predicted octanol–water partition coefficient (Wildman–Crippen LogP) is 2.65. The second-order valence-electron chi connectivity index (χ2n) is 6.60. The highest BCUT2D eigenvalue weighted by atomic mass is 16.5. The van der Waals surface area contributed by atoms with Gasteiger partial charge in [0.25, 0.3) is 11.8 Å². The van der Waals surface area contributed by atoms with E-state index in [0.717, 1.165) is 10.8 Å². The summed E-state index contributed by atoms with van der Waals surface area (Å²) in [6, 6.07) is 20.3. The SMILES string of the molecule is CC(Oc1ccc2ccccc2c1)C(=O)NNC(=O)c1cccc(-n2cncn2)c1. The number of rotatable bonds is 5. The third-order valence-corrected chi connectivity index (χ3v) is 4.49. The van der Waals surface area contributed by atoms with E-state index in [2.05, 4.69) is 20.9 Å². The number of nitrogens with zero attached hydrogens (tertiary/aromatic N) is 3. The van der Waals surface area contributed by atoms with Crippen molar-refractivity contribution >= 4 is 22.6 Å². The molecule has 0 radical (unpaired) electrons. The number of nitrogens with one attached hydrogen (secondary N) is 2. The van der Waals surface area contributed by atoms with Crippen LogP contribution in [0.25, 0.3) is 16.5 Å². The monoisotopic (exact) mass is 401 g/mol. The van der Waals surface area contributed by atoms with Crippen LogP contribution in [0.15, 0.2) is 79.4 Å². The summed E-state index contributed by atoms with van der Waals surface area (Å²) in [5.74, 6) is -0.352. The van der Waals surface area contributed by atoms with Gasteiger partial charge in [-0.2, -0.15) is 5.10 Å². The van der Waals surface area contributed by atoms with Crippen LogP contribution in [0.4, 0.5) is 0 Å². The Morgan fingerprint density at radius 3 is 2.60 bits per heavy atom. The van der Waals surface area contributed by atoms with Crippen molar-refractivity contribution < 1.29 is 14.3 Å². The summed E-state index contributed by atoms with van der Waals surface area (Å²) >= 11 is 0. The number of carbonyl (C=O) groups is 2. The summed E-state index contributed by atoms with van der Waals surface area (Å²) in [6.45, 7) is 1.61. The number of hydrazine groups is 1. The zero-order valence-electron chi connectivity index (χ0n) is 16.1. The maximum atomic E-state index is 12.4. The number of carbonyl (C=O) groups excluding carboxylic acids is 2. The molecule has 0 saturated carbocycles. The normalized spacial score (nSPS) is 11.6. The number of fused-ring (bicyclic) bond motifs is 1. The van der Waals surface area contributed by atoms with Crippen LogP contribution >= 0.6 is 0 Å². The Balaban J connectivity index is 1.35. The Bertz CT molecular complexity index is 1190. The molecule has 1 unspecified atom stereocenters. The smallest absolute Gasteiger partial charge is 0.279 e. The van der Waals surface area contributed by atoms with Crippen LogP contribution < -0.4 is 15.6 Å². The first kappa shape index (κ1) is 19.1. The quantitative estimate of drug-likeness (QED) is 0.501. The van der Waals surface area contributed by atoms with E-state index in [9.17, 15) is 9.59 Å². The highest BCUT2D eigenvalue weighted by molar-refractivity contribution is 5.96. The van der Waals surface area contributed by atoms with E-state index in [0.29, 0.717) is 17.0 Å². The van der Waals surface area contributed by atoms with Gasteiger partial charge in [0.2, 0.25) is 0 Å². The van der Waals surface area contributed by atoms with Crippen LogP contribution in [-0.2, 0) is 4.79 Å². The van der Waals surface area contributed by atoms with Gasteiger partial charge in [0.1, 0.15) is 18.4 Å². The van der Waals surface area contributed by atoms with Crippen LogP contribution in [0, 0.1) is 0 Å². The standard InChI is InChI=1S/C22H19N5O3/c1-15(30-20-10-9-16-5-2-3-6-17(16)12-20)21(28)25-26-22(29)18-7-4-8-19(11-18)27-14-23-13-24-27/h2-15H,1H3,(H,25,28)(H,26,29). The minimum Gasteiger partial charge on any atom is -0.481 e. The molecule has 0 aliphatic heterocycles. The molecule has 4 aromatic rings. The minimum atomic E-state index is -0.798. The Kier molecular flexibility index (Phi) is 5.38. The predicted molar refractivity (Wildman–Crippen MR) is 111 cm³/mol. The first-order chi connectivity index (χ1) is 14.6. The largest absolute Gasteiger partial charge is 0.481 e. The molecular weight excluding hydrogens is 382 g/mol. The van der Waals surface area contributed by atoms with Crippen molar-refractivity contribution in [3.05, 3.63) is 84.9 Å². The van der Waals surface area contributed by atoms with Gasteiger partial charge in [0.15, 0.2) is 6.10 Å². The molecule has 0 fully saturated rings. The topological polar surface area (TPSA) is 98.1 Å². The Morgan fingerprint density at radius 1 is 0.967 bits per heavy atom. The summed E-state index contributed by atoms with van der Waals surface area (Å²) in [5.41, 5.74) is 5.84. The van der Waals surface area contributed by atoms with Gasteiger partial charge in [-0.25, -0.2) is 9.67 Å². The van der Waals surface area contributed by atoms with E-state index in [4.69, 9.17) is 4.74 Å². The molecule has 3 aromatic carbocycles. The molecule has 0 bridgehead atoms. The Morgan fingerprint density at radius 2 is 1.80 bits per heavy atom. The summed E-state index contributed by atoms with van der Waals surface area (Å²) in [5, 5.41) is 6.13. The van der Waals surface area contributed by atoms with Crippen molar-refractivity contribution in [2.45, 2.75) is 13.0 Å². The van der Waals surface area contributed by atoms with Crippen molar-refractivity contribution in [1.29, 1.82) is 0 Å². The molecule has 30 heavy (non-hydrogen) atoms. The van der Waals surface area contributed by atoms with Crippen LogP contribution in [0.1, 0.15) is 17.3 Å². The van der Waals surface area contributed by atoms with E-state index < -0.39 is 17.9 Å². The lowest BCUT2D eigenvalue weighted by atomic mass is 10.1. The van der Waals surface area contributed by atoms with Gasteiger partial charge >= 0.3 is 0 Å². The van der Waals surface area contributed by atoms with Gasteiger partial charge in [0, 0.05) is 5.56 Å². The number of aromatic nitrogens is 3. The molecule has 0 aliphatic carbocycles. The van der Waals surface area contributed by atoms with Crippen LogP contribution in [0.3, 0.4) is 0 Å². The fraction of sp³-hybridized carbons (Fsp3) is 0.0909. The highest BCUT2D eigenvalue weighted by Gasteiger charge is 2.16. The molecular formula is C22H19N5O3. The Labute approximate surface area is 172 Å². The van der Waals surface area contributed by atoms with E-state index >= 15 is 0 Å². The number of hydrogen-bond acceptors (Lipinski definition) is 5. The molecule has 4 rings (SSSR count). The second kappa shape index (κ2) is 8.44. The number of ether oxygens (including phenoxy) is 1. The number of benzene rings is 3. The number of hydrogen-bond donors (Lipinski definition) is 2. The molecule has 2 amide bonds. The fourth-order valence-corrected chi connectivity index (χ4v) is 2.92. The fourth-order valence-electron chi connectivity index (χ4n) is 2.92. The van der Waals surface area contributed by atoms with Crippen molar-refractivity contribution in [2.75, 3.05) is 0 Å². The van der Waals surface area contributed by atoms with E-state index in [-0.39, 0.29) is 0 Å². The second-order valence-corrected chi connectivity index (χ2v) is 6.60. The maximum absolute atomic E-state index is 12.4. The van der Waals surface area contributed by atoms with Gasteiger partial charge in [0.05, 0.1) is 5.69 Å². The average Bonchev–Trinajstić information content (AvgIpc) is 3.32. The molecule has 1 atom stereocenters. The Hall–Kier alpha value is -4.20. The summed E-state index contributed by atoms with van der Waals surface area (Å²) in [7, 11) is 0. The highest BCUT2D eigenvalue weighted by Crippen LogP contribution is 2.21. The molecule has 1 aromatic heterocycles. The van der Waals surface area contributed by atoms with E-state index in [1.807, 2.05) is 36.4 Å². The summed E-state index contributed by atoms with van der Waals surface area (Å²) in [6.07, 6.45) is 2.14. The first-order valence-corrected chi connectivity index (χ1v) is 9.31. The van der Waals surface area contributed by atoms with Gasteiger partial charge in [-0.3, -0.25) is 20.4 Å². The van der Waals surface area contributed by atoms with E-state index in [1.165, 1.54) is 17.3 Å². The maximum Gasteiger partial charge on any atom is 0.279 e. The third kappa shape index (κ3) is 4.27. The van der Waals surface area contributed by atoms with Crippen molar-refractivity contribution in [2.24, 2.45) is 0 Å². The van der Waals surface area contributed by atoms with Crippen molar-refractivity contribution in [1.82, 2.24) is 25.6 Å². The molecule has 1 heterocycles. The van der Waals surface area contributed by atoms with Crippen LogP contribution in [0.2, 0.25) is 0 Å². The van der Waals surface area contributed by atoms with Crippen LogP contribution in [0.5, 0.6) is 5.75 Å². The van der Waals surface area contributed by atoms with Crippen molar-refractivity contribution in [3.63, 3.8) is 0 Å². The number of amides is 2.